The lowest BCUT2D eigenvalue weighted by atomic mass is 10.1. The number of rotatable bonds is 10. The third-order valence-corrected chi connectivity index (χ3v) is 5.16. The molecule has 0 atom stereocenters. The number of benzene rings is 1. The Morgan fingerprint density at radius 1 is 1.28 bits per heavy atom. The summed E-state index contributed by atoms with van der Waals surface area (Å²) in [5.41, 5.74) is 9.07. The summed E-state index contributed by atoms with van der Waals surface area (Å²) in [6.07, 6.45) is 4.01. The van der Waals surface area contributed by atoms with Crippen molar-refractivity contribution in [1.82, 2.24) is 15.0 Å². The van der Waals surface area contributed by atoms with E-state index in [1.54, 1.807) is 24.4 Å². The molecule has 0 aliphatic rings. The Bertz CT molecular complexity index is 981. The summed E-state index contributed by atoms with van der Waals surface area (Å²) >= 11 is 1.42. The molecule has 3 aromatic rings. The number of nitrogen functional groups attached to an aromatic ring is 1. The van der Waals surface area contributed by atoms with E-state index in [1.165, 1.54) is 17.4 Å². The molecule has 2 aromatic heterocycles. The quantitative estimate of drug-likeness (QED) is 0.285. The van der Waals surface area contributed by atoms with Crippen molar-refractivity contribution in [3.8, 4) is 21.8 Å². The van der Waals surface area contributed by atoms with E-state index in [4.69, 9.17) is 10.5 Å². The highest BCUT2D eigenvalue weighted by Crippen LogP contribution is 2.38. The van der Waals surface area contributed by atoms with Crippen molar-refractivity contribution in [2.24, 2.45) is 5.29 Å². The van der Waals surface area contributed by atoms with E-state index < -0.39 is 5.82 Å². The molecule has 0 radical (unpaired) electrons. The molecule has 152 valence electrons. The zero-order valence-corrected chi connectivity index (χ0v) is 16.7. The van der Waals surface area contributed by atoms with Crippen LogP contribution in [0, 0.1) is 10.7 Å². The lowest BCUT2D eigenvalue weighted by Crippen LogP contribution is -1.98. The third kappa shape index (κ3) is 5.09. The van der Waals surface area contributed by atoms with Crippen molar-refractivity contribution >= 4 is 23.0 Å². The van der Waals surface area contributed by atoms with Crippen LogP contribution in [0.25, 0.3) is 21.8 Å². The molecule has 0 saturated carbocycles. The minimum Gasteiger partial charge on any atom is -0.381 e. The van der Waals surface area contributed by atoms with Crippen molar-refractivity contribution in [2.75, 3.05) is 24.4 Å². The summed E-state index contributed by atoms with van der Waals surface area (Å²) in [6, 6.07) is 6.36. The molecule has 0 saturated heterocycles. The molecule has 8 nitrogen and oxygen atoms in total. The molecule has 0 bridgehead atoms. The number of hydrogen-bond acceptors (Lipinski definition) is 8. The highest BCUT2D eigenvalue weighted by Gasteiger charge is 2.20. The first-order valence-electron chi connectivity index (χ1n) is 9.17. The first-order chi connectivity index (χ1) is 14.1. The van der Waals surface area contributed by atoms with Crippen LogP contribution >= 0.6 is 11.3 Å². The van der Waals surface area contributed by atoms with E-state index in [0.29, 0.717) is 29.3 Å². The summed E-state index contributed by atoms with van der Waals surface area (Å²) in [5.74, 6) is -0.490. The van der Waals surface area contributed by atoms with E-state index in [1.807, 2.05) is 0 Å². The number of nitrogens with two attached hydrogens (primary N) is 1. The molecule has 29 heavy (non-hydrogen) atoms. The highest BCUT2D eigenvalue weighted by molar-refractivity contribution is 7.15. The fourth-order valence-electron chi connectivity index (χ4n) is 2.75. The van der Waals surface area contributed by atoms with Gasteiger partial charge in [0, 0.05) is 31.4 Å². The zero-order chi connectivity index (χ0) is 20.6. The van der Waals surface area contributed by atoms with Crippen molar-refractivity contribution in [3.63, 3.8) is 0 Å². The first kappa shape index (κ1) is 20.7. The second kappa shape index (κ2) is 9.99. The normalized spacial score (nSPS) is 10.8. The van der Waals surface area contributed by atoms with Gasteiger partial charge in [-0.05, 0) is 31.0 Å². The number of hydrogen-bond donors (Lipinski definition) is 2. The third-order valence-electron chi connectivity index (χ3n) is 4.03. The first-order valence-corrected chi connectivity index (χ1v) is 9.99. The standard InChI is InChI=1S/C19H21FN6O2S/c1-2-10-28-11-4-7-15-24-17(12-5-3-6-13(16(12)20)25-26-27)18(29-15)14-8-9-22-19(21)23-14/h3,5-6,8-9H,2,4,7,10-11H2,1H3,(H,25,27)(H2,21,22,23). The Morgan fingerprint density at radius 2 is 2.14 bits per heavy atom. The number of anilines is 2. The minimum atomic E-state index is -0.612. The number of aromatic nitrogens is 3. The van der Waals surface area contributed by atoms with Gasteiger partial charge >= 0.3 is 0 Å². The SMILES string of the molecule is CCCOCCCc1nc(-c2cccc(NN=O)c2F)c(-c2ccnc(N)n2)s1. The highest BCUT2D eigenvalue weighted by atomic mass is 32.1. The minimum absolute atomic E-state index is 0.0202. The second-order valence-electron chi connectivity index (χ2n) is 6.17. The number of nitrogens with one attached hydrogen (secondary N) is 1. The van der Waals surface area contributed by atoms with Crippen LogP contribution in [-0.2, 0) is 11.2 Å². The van der Waals surface area contributed by atoms with Gasteiger partial charge in [-0.3, -0.25) is 0 Å². The molecule has 0 aliphatic carbocycles. The van der Waals surface area contributed by atoms with Crippen molar-refractivity contribution in [1.29, 1.82) is 0 Å². The van der Waals surface area contributed by atoms with Crippen molar-refractivity contribution < 1.29 is 9.13 Å². The monoisotopic (exact) mass is 416 g/mol. The van der Waals surface area contributed by atoms with Crippen LogP contribution < -0.4 is 11.2 Å². The van der Waals surface area contributed by atoms with E-state index in [-0.39, 0.29) is 17.2 Å². The van der Waals surface area contributed by atoms with Crippen LogP contribution in [0.15, 0.2) is 35.7 Å². The van der Waals surface area contributed by atoms with Gasteiger partial charge in [0.2, 0.25) is 5.95 Å². The number of nitrogens with zero attached hydrogens (tertiary/aromatic N) is 4. The predicted molar refractivity (Wildman–Crippen MR) is 112 cm³/mol. The molecule has 0 amide bonds. The van der Waals surface area contributed by atoms with E-state index >= 15 is 0 Å². The van der Waals surface area contributed by atoms with Gasteiger partial charge in [-0.2, -0.15) is 0 Å². The Kier molecular flexibility index (Phi) is 7.14. The maximum Gasteiger partial charge on any atom is 0.220 e. The summed E-state index contributed by atoms with van der Waals surface area (Å²) in [7, 11) is 0. The summed E-state index contributed by atoms with van der Waals surface area (Å²) in [5, 5.41) is 3.39. The average molecular weight is 416 g/mol. The van der Waals surface area contributed by atoms with Crippen molar-refractivity contribution in [3.05, 3.63) is 46.2 Å². The number of thiazole rings is 1. The number of halogens is 1. The van der Waals surface area contributed by atoms with Gasteiger partial charge < -0.3 is 10.5 Å². The Labute approximate surface area is 171 Å². The summed E-state index contributed by atoms with van der Waals surface area (Å²) in [6.45, 7) is 3.42. The van der Waals surface area contributed by atoms with Crippen LogP contribution in [-0.4, -0.2) is 28.2 Å². The van der Waals surface area contributed by atoms with Gasteiger partial charge in [0.1, 0.15) is 0 Å². The van der Waals surface area contributed by atoms with Gasteiger partial charge in [0.25, 0.3) is 0 Å². The molecule has 10 heteroatoms. The van der Waals surface area contributed by atoms with Gasteiger partial charge in [-0.25, -0.2) is 24.8 Å². The van der Waals surface area contributed by atoms with Crippen LogP contribution in [0.3, 0.4) is 0 Å². The lowest BCUT2D eigenvalue weighted by molar-refractivity contribution is 0.132. The molecular weight excluding hydrogens is 395 g/mol. The topological polar surface area (TPSA) is 115 Å². The molecule has 3 rings (SSSR count). The second-order valence-corrected chi connectivity index (χ2v) is 7.26. The average Bonchev–Trinajstić information content (AvgIpc) is 3.13. The zero-order valence-electron chi connectivity index (χ0n) is 15.9. The molecule has 0 fully saturated rings. The Hall–Kier alpha value is -2.98. The largest absolute Gasteiger partial charge is 0.381 e. The maximum atomic E-state index is 14.9. The van der Waals surface area contributed by atoms with E-state index in [9.17, 15) is 9.30 Å². The fourth-order valence-corrected chi connectivity index (χ4v) is 3.84. The summed E-state index contributed by atoms with van der Waals surface area (Å²) in [4.78, 5) is 24.0. The molecule has 2 heterocycles. The molecule has 1 aromatic carbocycles. The molecule has 3 N–H and O–H groups in total. The van der Waals surface area contributed by atoms with Gasteiger partial charge in [0.15, 0.2) is 5.82 Å². The molecule has 0 unspecified atom stereocenters. The van der Waals surface area contributed by atoms with Gasteiger partial charge in [-0.1, -0.05) is 13.0 Å². The number of nitroso groups, excluding NO2 is 1. The lowest BCUT2D eigenvalue weighted by Gasteiger charge is -2.07. The van der Waals surface area contributed by atoms with Gasteiger partial charge in [0.05, 0.1) is 32.2 Å². The van der Waals surface area contributed by atoms with E-state index in [0.717, 1.165) is 24.5 Å². The van der Waals surface area contributed by atoms with Crippen LogP contribution in [0.5, 0.6) is 0 Å². The number of aryl methyl sites for hydroxylation is 1. The molecule has 0 aliphatic heterocycles. The molecule has 0 spiro atoms. The van der Waals surface area contributed by atoms with Crippen LogP contribution in [0.1, 0.15) is 24.8 Å². The van der Waals surface area contributed by atoms with Crippen LogP contribution in [0.2, 0.25) is 0 Å². The summed E-state index contributed by atoms with van der Waals surface area (Å²) < 4.78 is 20.5. The Morgan fingerprint density at radius 3 is 2.90 bits per heavy atom. The number of ether oxygens (including phenoxy) is 1. The van der Waals surface area contributed by atoms with E-state index in [2.05, 4.69) is 32.6 Å². The molecular formula is C19H21FN6O2S. The Balaban J connectivity index is 1.98. The fraction of sp³-hybridized carbons (Fsp3) is 0.316. The van der Waals surface area contributed by atoms with Gasteiger partial charge in [-0.15, -0.1) is 16.2 Å². The predicted octanol–water partition coefficient (Wildman–Crippen LogP) is 4.44. The maximum absolute atomic E-state index is 14.9. The van der Waals surface area contributed by atoms with Crippen molar-refractivity contribution in [2.45, 2.75) is 26.2 Å². The van der Waals surface area contributed by atoms with Crippen LogP contribution in [0.4, 0.5) is 16.0 Å². The smallest absolute Gasteiger partial charge is 0.220 e.